The molecule has 0 N–H and O–H groups in total. The fourth-order valence-electron chi connectivity index (χ4n) is 2.90. The van der Waals surface area contributed by atoms with Gasteiger partial charge >= 0.3 is 8.80 Å². The molecule has 0 aliphatic rings. The van der Waals surface area contributed by atoms with E-state index in [-0.39, 0.29) is 0 Å². The second-order valence-corrected chi connectivity index (χ2v) is 9.59. The van der Waals surface area contributed by atoms with Crippen LogP contribution in [0.15, 0.2) is 0 Å². The van der Waals surface area contributed by atoms with Crippen LogP contribution in [0.4, 0.5) is 0 Å². The van der Waals surface area contributed by atoms with Gasteiger partial charge in [0.05, 0.1) is 0 Å². The summed E-state index contributed by atoms with van der Waals surface area (Å²) in [5, 5.41) is 0. The van der Waals surface area contributed by atoms with Crippen molar-refractivity contribution in [3.63, 3.8) is 0 Å². The highest BCUT2D eigenvalue weighted by Crippen LogP contribution is 2.24. The van der Waals surface area contributed by atoms with E-state index in [1.54, 1.807) is 21.3 Å². The molecule has 1 atom stereocenters. The van der Waals surface area contributed by atoms with Gasteiger partial charge in [-0.1, -0.05) is 45.4 Å². The summed E-state index contributed by atoms with van der Waals surface area (Å²) >= 11 is 0. The minimum Gasteiger partial charge on any atom is -0.377 e. The van der Waals surface area contributed by atoms with Crippen molar-refractivity contribution < 1.29 is 13.3 Å². The third-order valence-electron chi connectivity index (χ3n) is 4.48. The summed E-state index contributed by atoms with van der Waals surface area (Å²) < 4.78 is 16.5. The average Bonchev–Trinajstić information content (AvgIpc) is 2.53. The fraction of sp³-hybridized carbons (Fsp3) is 1.00. The minimum absolute atomic E-state index is 0.816. The Hall–Kier alpha value is 0.0569. The van der Waals surface area contributed by atoms with Gasteiger partial charge in [-0.3, -0.25) is 0 Å². The van der Waals surface area contributed by atoms with Crippen LogP contribution in [0.1, 0.15) is 58.3 Å². The molecule has 0 saturated carbocycles. The van der Waals surface area contributed by atoms with Crippen molar-refractivity contribution >= 4 is 8.80 Å². The highest BCUT2D eigenvalue weighted by Gasteiger charge is 2.37. The van der Waals surface area contributed by atoms with Crippen LogP contribution in [0.2, 0.25) is 6.04 Å². The van der Waals surface area contributed by atoms with Gasteiger partial charge in [0.2, 0.25) is 0 Å². The van der Waals surface area contributed by atoms with E-state index in [2.05, 4.69) is 25.9 Å². The summed E-state index contributed by atoms with van der Waals surface area (Å²) in [6, 6.07) is 0.921. The smallest absolute Gasteiger partial charge is 0.377 e. The zero-order valence-corrected chi connectivity index (χ0v) is 16.8. The quantitative estimate of drug-likeness (QED) is 0.332. The standard InChI is InChI=1S/C17H39NO3Si/c1-7-8-9-10-12-17(14-15-18(2)3)13-11-16-22(19-4,20-5)21-6/h17H,7-16H2,1-6H3. The first-order valence-electron chi connectivity index (χ1n) is 8.83. The summed E-state index contributed by atoms with van der Waals surface area (Å²) in [5.74, 6) is 0.816. The highest BCUT2D eigenvalue weighted by molar-refractivity contribution is 6.60. The van der Waals surface area contributed by atoms with Crippen molar-refractivity contribution in [1.82, 2.24) is 4.90 Å². The summed E-state index contributed by atoms with van der Waals surface area (Å²) in [7, 11) is 7.04. The monoisotopic (exact) mass is 333 g/mol. The number of rotatable bonds is 15. The normalized spacial score (nSPS) is 13.8. The summed E-state index contributed by atoms with van der Waals surface area (Å²) in [6.45, 7) is 3.45. The van der Waals surface area contributed by atoms with Crippen molar-refractivity contribution in [1.29, 1.82) is 0 Å². The molecule has 134 valence electrons. The van der Waals surface area contributed by atoms with Crippen molar-refractivity contribution in [3.05, 3.63) is 0 Å². The van der Waals surface area contributed by atoms with Gasteiger partial charge in [0, 0.05) is 27.4 Å². The van der Waals surface area contributed by atoms with Crippen LogP contribution in [0.5, 0.6) is 0 Å². The fourth-order valence-corrected chi connectivity index (χ4v) is 4.65. The highest BCUT2D eigenvalue weighted by atomic mass is 28.4. The molecule has 1 unspecified atom stereocenters. The summed E-state index contributed by atoms with van der Waals surface area (Å²) in [4.78, 5) is 2.29. The third-order valence-corrected chi connectivity index (χ3v) is 7.31. The van der Waals surface area contributed by atoms with E-state index in [0.717, 1.165) is 18.4 Å². The Kier molecular flexibility index (Phi) is 13.5. The van der Waals surface area contributed by atoms with Crippen LogP contribution in [0.3, 0.4) is 0 Å². The van der Waals surface area contributed by atoms with Crippen molar-refractivity contribution in [2.45, 2.75) is 64.3 Å². The van der Waals surface area contributed by atoms with Crippen LogP contribution < -0.4 is 0 Å². The summed E-state index contributed by atoms with van der Waals surface area (Å²) in [6.07, 6.45) is 10.5. The Bertz CT molecular complexity index is 240. The van der Waals surface area contributed by atoms with Gasteiger partial charge in [0.25, 0.3) is 0 Å². The van der Waals surface area contributed by atoms with Crippen LogP contribution in [0, 0.1) is 5.92 Å². The van der Waals surface area contributed by atoms with Gasteiger partial charge in [-0.25, -0.2) is 0 Å². The topological polar surface area (TPSA) is 30.9 Å². The van der Waals surface area contributed by atoms with E-state index in [9.17, 15) is 0 Å². The maximum Gasteiger partial charge on any atom is 0.500 e. The molecular weight excluding hydrogens is 294 g/mol. The molecule has 0 saturated heterocycles. The molecule has 0 aromatic rings. The third kappa shape index (κ3) is 9.95. The van der Waals surface area contributed by atoms with E-state index in [4.69, 9.17) is 13.3 Å². The maximum atomic E-state index is 5.52. The molecule has 22 heavy (non-hydrogen) atoms. The van der Waals surface area contributed by atoms with Crippen LogP contribution in [0.25, 0.3) is 0 Å². The lowest BCUT2D eigenvalue weighted by atomic mass is 9.93. The van der Waals surface area contributed by atoms with E-state index in [1.165, 1.54) is 51.5 Å². The van der Waals surface area contributed by atoms with E-state index < -0.39 is 8.80 Å². The van der Waals surface area contributed by atoms with Crippen LogP contribution >= 0.6 is 0 Å². The molecule has 0 aromatic carbocycles. The zero-order valence-electron chi connectivity index (χ0n) is 15.8. The summed E-state index contributed by atoms with van der Waals surface area (Å²) in [5.41, 5.74) is 0. The van der Waals surface area contributed by atoms with Crippen LogP contribution in [-0.4, -0.2) is 55.7 Å². The van der Waals surface area contributed by atoms with Crippen LogP contribution in [-0.2, 0) is 13.3 Å². The largest absolute Gasteiger partial charge is 0.500 e. The average molecular weight is 334 g/mol. The van der Waals surface area contributed by atoms with E-state index in [0.29, 0.717) is 0 Å². The predicted molar refractivity (Wildman–Crippen MR) is 96.2 cm³/mol. The number of hydrogen-bond acceptors (Lipinski definition) is 4. The molecule has 0 aliphatic heterocycles. The Morgan fingerprint density at radius 2 is 1.41 bits per heavy atom. The Balaban J connectivity index is 4.19. The Morgan fingerprint density at radius 3 is 1.91 bits per heavy atom. The van der Waals surface area contributed by atoms with Crippen molar-refractivity contribution in [2.75, 3.05) is 42.0 Å². The molecule has 5 heteroatoms. The number of unbranched alkanes of at least 4 members (excludes halogenated alkanes) is 3. The number of hydrogen-bond donors (Lipinski definition) is 0. The van der Waals surface area contributed by atoms with Crippen molar-refractivity contribution in [3.8, 4) is 0 Å². The first-order valence-corrected chi connectivity index (χ1v) is 10.8. The predicted octanol–water partition coefficient (Wildman–Crippen LogP) is 4.18. The number of nitrogens with zero attached hydrogens (tertiary/aromatic N) is 1. The van der Waals surface area contributed by atoms with E-state index in [1.807, 2.05) is 0 Å². The lowest BCUT2D eigenvalue weighted by Crippen LogP contribution is -2.42. The van der Waals surface area contributed by atoms with Gasteiger partial charge < -0.3 is 18.2 Å². The van der Waals surface area contributed by atoms with Gasteiger partial charge in [-0.2, -0.15) is 0 Å². The molecule has 0 fully saturated rings. The second kappa shape index (κ2) is 13.5. The molecule has 0 aliphatic carbocycles. The van der Waals surface area contributed by atoms with Gasteiger partial charge in [0.1, 0.15) is 0 Å². The lowest BCUT2D eigenvalue weighted by Gasteiger charge is -2.25. The first kappa shape index (κ1) is 22.1. The first-order chi connectivity index (χ1) is 10.5. The SMILES string of the molecule is CCCCCCC(CCC[Si](OC)(OC)OC)CCN(C)C. The molecule has 0 spiro atoms. The molecule has 0 amide bonds. The van der Waals surface area contributed by atoms with E-state index >= 15 is 0 Å². The van der Waals surface area contributed by atoms with Gasteiger partial charge in [-0.05, 0) is 39.4 Å². The van der Waals surface area contributed by atoms with Gasteiger partial charge in [-0.15, -0.1) is 0 Å². The molecule has 0 radical (unpaired) electrons. The minimum atomic E-state index is -2.38. The Labute approximate surface area is 139 Å². The molecule has 0 aromatic heterocycles. The lowest BCUT2D eigenvalue weighted by molar-refractivity contribution is 0.122. The molecule has 0 heterocycles. The molecule has 0 bridgehead atoms. The second-order valence-electron chi connectivity index (χ2n) is 6.49. The molecule has 4 nitrogen and oxygen atoms in total. The Morgan fingerprint density at radius 1 is 0.818 bits per heavy atom. The maximum absolute atomic E-state index is 5.52. The van der Waals surface area contributed by atoms with Gasteiger partial charge in [0.15, 0.2) is 0 Å². The molecular formula is C17H39NO3Si. The van der Waals surface area contributed by atoms with Crippen molar-refractivity contribution in [2.24, 2.45) is 5.92 Å². The zero-order chi connectivity index (χ0) is 16.8. The molecule has 0 rings (SSSR count).